The first-order valence-corrected chi connectivity index (χ1v) is 7.09. The molecule has 0 saturated carbocycles. The zero-order chi connectivity index (χ0) is 16.6. The summed E-state index contributed by atoms with van der Waals surface area (Å²) in [5.74, 6) is -1.84. The SMILES string of the molecule is Fc1c(C(F)(F)F)ccnc1Nc1ccc2c(n1)=C(Cl)CCC=2. The van der Waals surface area contributed by atoms with Crippen LogP contribution in [0.5, 0.6) is 0 Å². The highest BCUT2D eigenvalue weighted by Crippen LogP contribution is 2.33. The molecule has 0 aliphatic heterocycles. The Labute approximate surface area is 133 Å². The minimum absolute atomic E-state index is 0.169. The fourth-order valence-corrected chi connectivity index (χ4v) is 2.53. The number of nitrogens with one attached hydrogen (secondary N) is 1. The van der Waals surface area contributed by atoms with E-state index in [0.717, 1.165) is 17.8 Å². The minimum Gasteiger partial charge on any atom is -0.322 e. The normalized spacial score (nSPS) is 14.2. The third-order valence-corrected chi connectivity index (χ3v) is 3.72. The topological polar surface area (TPSA) is 37.8 Å². The number of aromatic nitrogens is 2. The minimum atomic E-state index is -4.79. The maximum absolute atomic E-state index is 14.0. The van der Waals surface area contributed by atoms with Crippen LogP contribution in [0.2, 0.25) is 0 Å². The highest BCUT2D eigenvalue weighted by atomic mass is 35.5. The van der Waals surface area contributed by atoms with Crippen molar-refractivity contribution < 1.29 is 17.6 Å². The van der Waals surface area contributed by atoms with Gasteiger partial charge in [0.2, 0.25) is 0 Å². The molecule has 0 spiro atoms. The van der Waals surface area contributed by atoms with E-state index in [1.54, 1.807) is 6.07 Å². The second-order valence-electron chi connectivity index (χ2n) is 4.93. The molecule has 0 amide bonds. The van der Waals surface area contributed by atoms with Gasteiger partial charge in [-0.25, -0.2) is 14.4 Å². The quantitative estimate of drug-likeness (QED) is 0.850. The maximum atomic E-state index is 14.0. The van der Waals surface area contributed by atoms with E-state index in [1.807, 2.05) is 6.08 Å². The van der Waals surface area contributed by atoms with Crippen molar-refractivity contribution in [3.8, 4) is 0 Å². The Morgan fingerprint density at radius 1 is 1.17 bits per heavy atom. The lowest BCUT2D eigenvalue weighted by molar-refractivity contribution is -0.140. The van der Waals surface area contributed by atoms with Gasteiger partial charge in [0, 0.05) is 11.2 Å². The predicted molar refractivity (Wildman–Crippen MR) is 78.9 cm³/mol. The summed E-state index contributed by atoms with van der Waals surface area (Å²) < 4.78 is 52.1. The summed E-state index contributed by atoms with van der Waals surface area (Å²) in [5.41, 5.74) is -1.38. The summed E-state index contributed by atoms with van der Waals surface area (Å²) >= 11 is 6.11. The van der Waals surface area contributed by atoms with Gasteiger partial charge in [-0.05, 0) is 36.3 Å². The van der Waals surface area contributed by atoms with Gasteiger partial charge < -0.3 is 5.32 Å². The third-order valence-electron chi connectivity index (χ3n) is 3.35. The van der Waals surface area contributed by atoms with Gasteiger partial charge in [0.15, 0.2) is 11.6 Å². The van der Waals surface area contributed by atoms with Crippen LogP contribution in [0.1, 0.15) is 18.4 Å². The van der Waals surface area contributed by atoms with Gasteiger partial charge in [-0.2, -0.15) is 13.2 Å². The van der Waals surface area contributed by atoms with Crippen molar-refractivity contribution in [3.63, 3.8) is 0 Å². The van der Waals surface area contributed by atoms with E-state index in [9.17, 15) is 17.6 Å². The van der Waals surface area contributed by atoms with Crippen LogP contribution in [-0.4, -0.2) is 9.97 Å². The Kier molecular flexibility index (Phi) is 3.97. The van der Waals surface area contributed by atoms with Crippen molar-refractivity contribution in [1.82, 2.24) is 9.97 Å². The van der Waals surface area contributed by atoms with Gasteiger partial charge in [0.1, 0.15) is 5.82 Å². The van der Waals surface area contributed by atoms with Crippen LogP contribution in [0.4, 0.5) is 29.2 Å². The van der Waals surface area contributed by atoms with E-state index in [2.05, 4.69) is 15.3 Å². The molecule has 23 heavy (non-hydrogen) atoms. The monoisotopic (exact) mass is 343 g/mol. The molecule has 0 atom stereocenters. The van der Waals surface area contributed by atoms with Crippen molar-refractivity contribution in [2.45, 2.75) is 19.0 Å². The van der Waals surface area contributed by atoms with E-state index >= 15 is 0 Å². The molecule has 0 saturated heterocycles. The number of pyridine rings is 2. The lowest BCUT2D eigenvalue weighted by atomic mass is 10.1. The molecule has 2 heterocycles. The van der Waals surface area contributed by atoms with Gasteiger partial charge >= 0.3 is 6.18 Å². The summed E-state index contributed by atoms with van der Waals surface area (Å²) in [6.45, 7) is 0. The molecule has 2 aromatic rings. The average Bonchev–Trinajstić information content (AvgIpc) is 2.49. The summed E-state index contributed by atoms with van der Waals surface area (Å²) in [6.07, 6.45) is -0.509. The van der Waals surface area contributed by atoms with Gasteiger partial charge in [0.05, 0.1) is 10.9 Å². The molecule has 1 aliphatic rings. The molecule has 2 aromatic heterocycles. The summed E-state index contributed by atoms with van der Waals surface area (Å²) in [4.78, 5) is 7.83. The van der Waals surface area contributed by atoms with E-state index in [4.69, 9.17) is 11.6 Å². The molecular formula is C15H10ClF4N3. The zero-order valence-electron chi connectivity index (χ0n) is 11.6. The molecule has 120 valence electrons. The summed E-state index contributed by atoms with van der Waals surface area (Å²) in [7, 11) is 0. The van der Waals surface area contributed by atoms with E-state index in [1.165, 1.54) is 6.07 Å². The number of nitrogens with zero attached hydrogens (tertiary/aromatic N) is 2. The third kappa shape index (κ3) is 3.14. The first-order chi connectivity index (χ1) is 10.9. The molecule has 1 aliphatic carbocycles. The van der Waals surface area contributed by atoms with Crippen molar-refractivity contribution in [2.24, 2.45) is 0 Å². The van der Waals surface area contributed by atoms with Crippen molar-refractivity contribution in [3.05, 3.63) is 46.3 Å². The summed E-state index contributed by atoms with van der Waals surface area (Å²) in [6, 6.07) is 3.84. The highest BCUT2D eigenvalue weighted by molar-refractivity contribution is 6.45. The average molecular weight is 344 g/mol. The van der Waals surface area contributed by atoms with Crippen molar-refractivity contribution in [1.29, 1.82) is 0 Å². The van der Waals surface area contributed by atoms with E-state index < -0.39 is 23.4 Å². The van der Waals surface area contributed by atoms with Crippen LogP contribution in [0.15, 0.2) is 24.4 Å². The number of alkyl halides is 3. The molecule has 0 bridgehead atoms. The van der Waals surface area contributed by atoms with Crippen LogP contribution in [-0.2, 0) is 6.18 Å². The van der Waals surface area contributed by atoms with Crippen LogP contribution in [0.25, 0.3) is 11.1 Å². The highest BCUT2D eigenvalue weighted by Gasteiger charge is 2.35. The summed E-state index contributed by atoms with van der Waals surface area (Å²) in [5, 5.41) is 4.41. The van der Waals surface area contributed by atoms with Crippen molar-refractivity contribution >= 4 is 34.3 Å². The van der Waals surface area contributed by atoms with E-state index in [0.29, 0.717) is 22.9 Å². The molecule has 8 heteroatoms. The second-order valence-corrected chi connectivity index (χ2v) is 5.38. The maximum Gasteiger partial charge on any atom is 0.419 e. The molecule has 3 nitrogen and oxygen atoms in total. The van der Waals surface area contributed by atoms with Crippen LogP contribution < -0.4 is 15.9 Å². The molecule has 3 rings (SSSR count). The van der Waals surface area contributed by atoms with Gasteiger partial charge in [-0.1, -0.05) is 17.7 Å². The van der Waals surface area contributed by atoms with Crippen molar-refractivity contribution in [2.75, 3.05) is 5.32 Å². The Morgan fingerprint density at radius 2 is 1.96 bits per heavy atom. The number of hydrogen-bond donors (Lipinski definition) is 1. The largest absolute Gasteiger partial charge is 0.419 e. The molecular weight excluding hydrogens is 334 g/mol. The van der Waals surface area contributed by atoms with Gasteiger partial charge in [-0.15, -0.1) is 0 Å². The molecule has 1 N–H and O–H groups in total. The molecule has 0 aromatic carbocycles. The molecule has 0 fully saturated rings. The van der Waals surface area contributed by atoms with Crippen LogP contribution in [0.3, 0.4) is 0 Å². The first kappa shape index (κ1) is 15.7. The number of halogens is 5. The lowest BCUT2D eigenvalue weighted by Crippen LogP contribution is -2.32. The zero-order valence-corrected chi connectivity index (χ0v) is 12.3. The molecule has 0 unspecified atom stereocenters. The number of rotatable bonds is 2. The van der Waals surface area contributed by atoms with Crippen LogP contribution in [0, 0.1) is 5.82 Å². The first-order valence-electron chi connectivity index (χ1n) is 6.71. The lowest BCUT2D eigenvalue weighted by Gasteiger charge is -2.12. The number of fused-ring (bicyclic) bond motifs is 1. The smallest absolute Gasteiger partial charge is 0.322 e. The fraction of sp³-hybridized carbons (Fsp3) is 0.200. The second kappa shape index (κ2) is 5.81. The Bertz CT molecular complexity index is 877. The number of anilines is 2. The Balaban J connectivity index is 2.02. The fourth-order valence-electron chi connectivity index (χ4n) is 2.27. The predicted octanol–water partition coefficient (Wildman–Crippen LogP) is 3.30. The Morgan fingerprint density at radius 3 is 2.70 bits per heavy atom. The Hall–Kier alpha value is -2.15. The van der Waals surface area contributed by atoms with Gasteiger partial charge in [-0.3, -0.25) is 0 Å². The molecule has 0 radical (unpaired) electrons. The van der Waals surface area contributed by atoms with Gasteiger partial charge in [0.25, 0.3) is 0 Å². The number of hydrogen-bond acceptors (Lipinski definition) is 3. The van der Waals surface area contributed by atoms with E-state index in [-0.39, 0.29) is 5.82 Å². The standard InChI is InChI=1S/C15H10ClF4N3/c16-10-3-1-2-8-4-5-11(22-13(8)10)23-14-12(17)9(6-7-21-14)15(18,19)20/h2,4-7H,1,3H2,(H,21,22,23). The van der Waals surface area contributed by atoms with Crippen LogP contribution >= 0.6 is 11.6 Å².